The van der Waals surface area contributed by atoms with E-state index in [0.29, 0.717) is 6.04 Å². The molecule has 3 rings (SSSR count). The number of benzene rings is 1. The molecular weight excluding hydrogens is 246 g/mol. The molecule has 0 bridgehead atoms. The fourth-order valence-electron chi connectivity index (χ4n) is 3.34. The summed E-state index contributed by atoms with van der Waals surface area (Å²) >= 11 is 0. The lowest BCUT2D eigenvalue weighted by Crippen LogP contribution is -2.35. The van der Waals surface area contributed by atoms with Crippen molar-refractivity contribution in [3.8, 4) is 0 Å². The van der Waals surface area contributed by atoms with Crippen LogP contribution in [0.25, 0.3) is 0 Å². The Hall–Kier alpha value is -1.28. The van der Waals surface area contributed by atoms with E-state index in [2.05, 4.69) is 42.6 Å². The highest BCUT2D eigenvalue weighted by atomic mass is 16.5. The van der Waals surface area contributed by atoms with Gasteiger partial charge >= 0.3 is 0 Å². The summed E-state index contributed by atoms with van der Waals surface area (Å²) in [6, 6.07) is 11.5. The second kappa shape index (κ2) is 6.45. The van der Waals surface area contributed by atoms with Crippen molar-refractivity contribution in [3.63, 3.8) is 0 Å². The Balaban J connectivity index is 1.69. The Morgan fingerprint density at radius 3 is 2.85 bits per heavy atom. The molecule has 0 saturated heterocycles. The molecule has 0 spiro atoms. The van der Waals surface area contributed by atoms with Crippen LogP contribution in [0, 0.1) is 5.92 Å². The van der Waals surface area contributed by atoms with Crippen molar-refractivity contribution in [3.05, 3.63) is 47.7 Å². The van der Waals surface area contributed by atoms with Gasteiger partial charge in [0.05, 0.1) is 12.9 Å². The third-order valence-corrected chi connectivity index (χ3v) is 4.47. The fourth-order valence-corrected chi connectivity index (χ4v) is 3.34. The van der Waals surface area contributed by atoms with Gasteiger partial charge in [-0.2, -0.15) is 0 Å². The van der Waals surface area contributed by atoms with Gasteiger partial charge in [-0.3, -0.25) is 0 Å². The molecule has 1 heterocycles. The average molecular weight is 271 g/mol. The van der Waals surface area contributed by atoms with Gasteiger partial charge in [-0.05, 0) is 55.2 Å². The van der Waals surface area contributed by atoms with Crippen LogP contribution >= 0.6 is 0 Å². The quantitative estimate of drug-likeness (QED) is 0.848. The molecule has 1 N–H and O–H groups in total. The third kappa shape index (κ3) is 3.06. The lowest BCUT2D eigenvalue weighted by Gasteiger charge is -2.25. The monoisotopic (exact) mass is 271 g/mol. The Kier molecular flexibility index (Phi) is 4.41. The van der Waals surface area contributed by atoms with E-state index < -0.39 is 0 Å². The second-order valence-electron chi connectivity index (χ2n) is 6.02. The maximum Gasteiger partial charge on any atom is 0.0876 e. The lowest BCUT2D eigenvalue weighted by molar-refractivity contribution is 0.217. The highest BCUT2D eigenvalue weighted by Gasteiger charge is 2.44. The first kappa shape index (κ1) is 13.7. The van der Waals surface area contributed by atoms with Crippen molar-refractivity contribution in [1.29, 1.82) is 0 Å². The summed E-state index contributed by atoms with van der Waals surface area (Å²) in [4.78, 5) is 0. The van der Waals surface area contributed by atoms with Crippen molar-refractivity contribution in [2.24, 2.45) is 5.92 Å². The number of nitrogens with one attached hydrogen (secondary N) is 1. The fraction of sp³-hybridized carbons (Fsp3) is 0.556. The van der Waals surface area contributed by atoms with Gasteiger partial charge in [-0.25, -0.2) is 0 Å². The molecular formula is C18H25NO. The summed E-state index contributed by atoms with van der Waals surface area (Å²) in [5.41, 5.74) is 2.98. The minimum Gasteiger partial charge on any atom is -0.501 e. The highest BCUT2D eigenvalue weighted by molar-refractivity contribution is 5.29. The first-order chi connectivity index (χ1) is 9.90. The molecule has 20 heavy (non-hydrogen) atoms. The Morgan fingerprint density at radius 2 is 2.15 bits per heavy atom. The predicted molar refractivity (Wildman–Crippen MR) is 82.6 cm³/mol. The average Bonchev–Trinajstić information content (AvgIpc) is 3.30. The van der Waals surface area contributed by atoms with Crippen molar-refractivity contribution >= 4 is 0 Å². The predicted octanol–water partition coefficient (Wildman–Crippen LogP) is 3.85. The van der Waals surface area contributed by atoms with E-state index in [1.165, 1.54) is 36.8 Å². The number of hydrogen-bond acceptors (Lipinski definition) is 2. The molecule has 1 aliphatic carbocycles. The van der Waals surface area contributed by atoms with E-state index in [4.69, 9.17) is 4.74 Å². The molecule has 0 aromatic heterocycles. The number of ether oxygens (including phenoxy) is 1. The molecule has 1 aromatic rings. The summed E-state index contributed by atoms with van der Waals surface area (Å²) in [6.07, 6.45) is 6.88. The van der Waals surface area contributed by atoms with E-state index in [-0.39, 0.29) is 0 Å². The minimum absolute atomic E-state index is 0.514. The standard InChI is InChI=1S/C18H25NO/c1-2-10-19-18(15-9-6-11-20-13-15)17-12-16(17)14-7-4-3-5-8-14/h3-5,7-8,13,16-19H,2,6,9-12H2,1H3. The zero-order chi connectivity index (χ0) is 13.8. The van der Waals surface area contributed by atoms with Gasteiger partial charge < -0.3 is 10.1 Å². The summed E-state index contributed by atoms with van der Waals surface area (Å²) in [5, 5.41) is 3.75. The van der Waals surface area contributed by atoms with Gasteiger partial charge in [0.15, 0.2) is 0 Å². The van der Waals surface area contributed by atoms with Crippen LogP contribution in [0.5, 0.6) is 0 Å². The molecule has 1 fully saturated rings. The molecule has 2 heteroatoms. The van der Waals surface area contributed by atoms with Crippen LogP contribution < -0.4 is 5.32 Å². The molecule has 3 unspecified atom stereocenters. The van der Waals surface area contributed by atoms with E-state index in [0.717, 1.165) is 25.0 Å². The van der Waals surface area contributed by atoms with Crippen LogP contribution in [0.1, 0.15) is 44.1 Å². The summed E-state index contributed by atoms with van der Waals surface area (Å²) in [6.45, 7) is 4.22. The van der Waals surface area contributed by atoms with Gasteiger partial charge in [0, 0.05) is 6.04 Å². The van der Waals surface area contributed by atoms with E-state index in [1.807, 2.05) is 6.26 Å². The maximum atomic E-state index is 5.56. The van der Waals surface area contributed by atoms with E-state index in [1.54, 1.807) is 0 Å². The van der Waals surface area contributed by atoms with Crippen LogP contribution in [0.3, 0.4) is 0 Å². The molecule has 1 aromatic carbocycles. The molecule has 1 aliphatic heterocycles. The van der Waals surface area contributed by atoms with Crippen molar-refractivity contribution in [2.75, 3.05) is 13.2 Å². The van der Waals surface area contributed by atoms with Gasteiger partial charge in [-0.15, -0.1) is 0 Å². The molecule has 108 valence electrons. The third-order valence-electron chi connectivity index (χ3n) is 4.47. The SMILES string of the molecule is CCCNC(C1=COCCC1)C1CC1c1ccccc1. The zero-order valence-corrected chi connectivity index (χ0v) is 12.3. The van der Waals surface area contributed by atoms with Gasteiger partial charge in [0.25, 0.3) is 0 Å². The van der Waals surface area contributed by atoms with Crippen molar-refractivity contribution in [2.45, 2.75) is 44.6 Å². The highest BCUT2D eigenvalue weighted by Crippen LogP contribution is 2.51. The van der Waals surface area contributed by atoms with Crippen LogP contribution in [0.15, 0.2) is 42.2 Å². The molecule has 2 nitrogen and oxygen atoms in total. The summed E-state index contributed by atoms with van der Waals surface area (Å²) < 4.78 is 5.56. The Bertz CT molecular complexity index is 454. The molecule has 0 amide bonds. The van der Waals surface area contributed by atoms with Crippen LogP contribution in [0.2, 0.25) is 0 Å². The van der Waals surface area contributed by atoms with Gasteiger partial charge in [0.2, 0.25) is 0 Å². The van der Waals surface area contributed by atoms with Gasteiger partial charge in [0.1, 0.15) is 0 Å². The number of hydrogen-bond donors (Lipinski definition) is 1. The lowest BCUT2D eigenvalue weighted by atomic mass is 9.95. The normalized spacial score (nSPS) is 26.6. The molecule has 0 radical (unpaired) electrons. The Labute approximate surface area is 122 Å². The molecule has 1 saturated carbocycles. The van der Waals surface area contributed by atoms with Crippen molar-refractivity contribution < 1.29 is 4.74 Å². The topological polar surface area (TPSA) is 21.3 Å². The Morgan fingerprint density at radius 1 is 1.30 bits per heavy atom. The maximum absolute atomic E-state index is 5.56. The van der Waals surface area contributed by atoms with Gasteiger partial charge in [-0.1, -0.05) is 37.3 Å². The van der Waals surface area contributed by atoms with Crippen LogP contribution in [0.4, 0.5) is 0 Å². The van der Waals surface area contributed by atoms with Crippen LogP contribution in [-0.2, 0) is 4.74 Å². The summed E-state index contributed by atoms with van der Waals surface area (Å²) in [7, 11) is 0. The van der Waals surface area contributed by atoms with E-state index in [9.17, 15) is 0 Å². The largest absolute Gasteiger partial charge is 0.501 e. The smallest absolute Gasteiger partial charge is 0.0876 e. The van der Waals surface area contributed by atoms with Crippen molar-refractivity contribution in [1.82, 2.24) is 5.32 Å². The molecule has 3 atom stereocenters. The van der Waals surface area contributed by atoms with Crippen LogP contribution in [-0.4, -0.2) is 19.2 Å². The van der Waals surface area contributed by atoms with E-state index >= 15 is 0 Å². The number of rotatable bonds is 6. The molecule has 2 aliphatic rings. The first-order valence-electron chi connectivity index (χ1n) is 7.99. The summed E-state index contributed by atoms with van der Waals surface area (Å²) in [5.74, 6) is 1.48. The second-order valence-corrected chi connectivity index (χ2v) is 6.02. The first-order valence-corrected chi connectivity index (χ1v) is 7.99. The zero-order valence-electron chi connectivity index (χ0n) is 12.3. The minimum atomic E-state index is 0.514.